The summed E-state index contributed by atoms with van der Waals surface area (Å²) in [6, 6.07) is 4.67. The van der Waals surface area contributed by atoms with Gasteiger partial charge in [-0.15, -0.1) is 10.2 Å². The number of amides is 2. The molecule has 0 bridgehead atoms. The molecule has 144 valence electrons. The van der Waals surface area contributed by atoms with Crippen LogP contribution in [0.5, 0.6) is 0 Å². The van der Waals surface area contributed by atoms with Crippen molar-refractivity contribution in [2.45, 2.75) is 50.4 Å². The molecule has 27 heavy (non-hydrogen) atoms. The highest BCUT2D eigenvalue weighted by atomic mass is 19.4. The van der Waals surface area contributed by atoms with E-state index < -0.39 is 17.3 Å². The quantitative estimate of drug-likeness (QED) is 0.839. The summed E-state index contributed by atoms with van der Waals surface area (Å²) in [7, 11) is 0. The summed E-state index contributed by atoms with van der Waals surface area (Å²) in [5.41, 5.74) is -0.558. The SMILES string of the molecule is O=C(NCCc1nnc2n1CCC2)NC1(c2ccc(C(F)(F)F)cc2)CC1. The first-order valence-electron chi connectivity index (χ1n) is 9.02. The molecule has 1 aromatic heterocycles. The molecule has 9 heteroatoms. The lowest BCUT2D eigenvalue weighted by molar-refractivity contribution is -0.137. The molecule has 0 radical (unpaired) electrons. The average molecular weight is 379 g/mol. The van der Waals surface area contributed by atoms with Crippen LogP contribution in [0.4, 0.5) is 18.0 Å². The standard InChI is InChI=1S/C18H20F3N5O/c19-18(20,21)13-5-3-12(4-6-13)17(8-9-17)23-16(27)22-10-7-15-25-24-14-2-1-11-26(14)15/h3-6H,1-2,7-11H2,(H2,22,23,27). The molecule has 1 aliphatic heterocycles. The predicted molar refractivity (Wildman–Crippen MR) is 90.9 cm³/mol. The highest BCUT2D eigenvalue weighted by molar-refractivity contribution is 5.75. The number of nitrogens with one attached hydrogen (secondary N) is 2. The fourth-order valence-electron chi connectivity index (χ4n) is 3.53. The molecule has 2 heterocycles. The topological polar surface area (TPSA) is 71.8 Å². The Bertz CT molecular complexity index is 840. The zero-order valence-corrected chi connectivity index (χ0v) is 14.6. The predicted octanol–water partition coefficient (Wildman–Crippen LogP) is 2.77. The number of fused-ring (bicyclic) bond motifs is 1. The first kappa shape index (κ1) is 17.8. The Balaban J connectivity index is 1.31. The zero-order valence-electron chi connectivity index (χ0n) is 14.6. The van der Waals surface area contributed by atoms with Gasteiger partial charge in [-0.3, -0.25) is 0 Å². The molecule has 4 rings (SSSR count). The molecule has 2 aromatic rings. The monoisotopic (exact) mass is 379 g/mol. The van der Waals surface area contributed by atoms with Crippen molar-refractivity contribution < 1.29 is 18.0 Å². The first-order chi connectivity index (χ1) is 12.9. The van der Waals surface area contributed by atoms with Gasteiger partial charge in [-0.25, -0.2) is 4.79 Å². The Morgan fingerprint density at radius 1 is 1.19 bits per heavy atom. The largest absolute Gasteiger partial charge is 0.416 e. The van der Waals surface area contributed by atoms with Crippen LogP contribution in [0.15, 0.2) is 24.3 Å². The number of alkyl halides is 3. The minimum absolute atomic E-state index is 0.325. The van der Waals surface area contributed by atoms with Gasteiger partial charge in [-0.2, -0.15) is 13.2 Å². The normalized spacial score (nSPS) is 17.4. The number of aryl methyl sites for hydroxylation is 1. The number of aromatic nitrogens is 3. The molecule has 0 spiro atoms. The van der Waals surface area contributed by atoms with E-state index in [9.17, 15) is 18.0 Å². The zero-order chi connectivity index (χ0) is 19.1. The van der Waals surface area contributed by atoms with Gasteiger partial charge in [0.25, 0.3) is 0 Å². The van der Waals surface area contributed by atoms with E-state index in [1.807, 2.05) is 0 Å². The second kappa shape index (κ2) is 6.54. The highest BCUT2D eigenvalue weighted by Gasteiger charge is 2.46. The van der Waals surface area contributed by atoms with Gasteiger partial charge < -0.3 is 15.2 Å². The third kappa shape index (κ3) is 3.63. The van der Waals surface area contributed by atoms with Crippen molar-refractivity contribution in [3.05, 3.63) is 47.0 Å². The molecule has 1 fully saturated rings. The number of rotatable bonds is 5. The fourth-order valence-corrected chi connectivity index (χ4v) is 3.53. The van der Waals surface area contributed by atoms with Gasteiger partial charge in [0, 0.05) is 25.9 Å². The second-order valence-electron chi connectivity index (χ2n) is 7.08. The number of carbonyl (C=O) groups excluding carboxylic acids is 1. The van der Waals surface area contributed by atoms with E-state index >= 15 is 0 Å². The first-order valence-corrected chi connectivity index (χ1v) is 9.02. The smallest absolute Gasteiger partial charge is 0.338 e. The number of halogens is 3. The number of hydrogen-bond donors (Lipinski definition) is 2. The van der Waals surface area contributed by atoms with Crippen molar-refractivity contribution in [3.63, 3.8) is 0 Å². The van der Waals surface area contributed by atoms with Crippen LogP contribution >= 0.6 is 0 Å². The lowest BCUT2D eigenvalue weighted by Crippen LogP contribution is -2.43. The number of nitrogens with zero attached hydrogens (tertiary/aromatic N) is 3. The van der Waals surface area contributed by atoms with Crippen molar-refractivity contribution in [2.24, 2.45) is 0 Å². The van der Waals surface area contributed by atoms with Gasteiger partial charge in [0.05, 0.1) is 11.1 Å². The third-order valence-corrected chi connectivity index (χ3v) is 5.19. The van der Waals surface area contributed by atoms with Crippen molar-refractivity contribution in [3.8, 4) is 0 Å². The van der Waals surface area contributed by atoms with Crippen molar-refractivity contribution in [1.82, 2.24) is 25.4 Å². The fraction of sp³-hybridized carbons (Fsp3) is 0.500. The molecule has 1 aromatic carbocycles. The van der Waals surface area contributed by atoms with E-state index in [1.54, 1.807) is 0 Å². The van der Waals surface area contributed by atoms with Crippen LogP contribution in [0.25, 0.3) is 0 Å². The summed E-state index contributed by atoms with van der Waals surface area (Å²) in [6.07, 6.45) is -0.333. The van der Waals surface area contributed by atoms with Crippen molar-refractivity contribution >= 4 is 6.03 Å². The van der Waals surface area contributed by atoms with Gasteiger partial charge in [0.1, 0.15) is 11.6 Å². The van der Waals surface area contributed by atoms with Crippen molar-refractivity contribution in [1.29, 1.82) is 0 Å². The van der Waals surface area contributed by atoms with Crippen LogP contribution in [0.1, 0.15) is 42.0 Å². The van der Waals surface area contributed by atoms with Gasteiger partial charge in [0.2, 0.25) is 0 Å². The Hall–Kier alpha value is -2.58. The summed E-state index contributed by atoms with van der Waals surface area (Å²) in [6.45, 7) is 1.34. The summed E-state index contributed by atoms with van der Waals surface area (Å²) in [5.74, 6) is 1.86. The highest BCUT2D eigenvalue weighted by Crippen LogP contribution is 2.46. The van der Waals surface area contributed by atoms with E-state index in [4.69, 9.17) is 0 Å². The number of benzene rings is 1. The van der Waals surface area contributed by atoms with Gasteiger partial charge in [-0.1, -0.05) is 12.1 Å². The number of urea groups is 1. The second-order valence-corrected chi connectivity index (χ2v) is 7.08. The minimum atomic E-state index is -4.36. The van der Waals surface area contributed by atoms with E-state index in [0.29, 0.717) is 31.4 Å². The Morgan fingerprint density at radius 2 is 1.93 bits per heavy atom. The summed E-state index contributed by atoms with van der Waals surface area (Å²) in [4.78, 5) is 12.2. The van der Waals surface area contributed by atoms with Crippen LogP contribution < -0.4 is 10.6 Å². The molecule has 0 atom stereocenters. The van der Waals surface area contributed by atoms with E-state index in [-0.39, 0.29) is 6.03 Å². The van der Waals surface area contributed by atoms with Crippen LogP contribution in [-0.2, 0) is 31.1 Å². The molecule has 2 N–H and O–H groups in total. The van der Waals surface area contributed by atoms with Gasteiger partial charge in [0.15, 0.2) is 0 Å². The van der Waals surface area contributed by atoms with Gasteiger partial charge >= 0.3 is 12.2 Å². The third-order valence-electron chi connectivity index (χ3n) is 5.19. The van der Waals surface area contributed by atoms with Crippen LogP contribution in [0, 0.1) is 0 Å². The summed E-state index contributed by atoms with van der Waals surface area (Å²) >= 11 is 0. The molecule has 2 amide bonds. The maximum Gasteiger partial charge on any atom is 0.416 e. The number of carbonyl (C=O) groups is 1. The molecular weight excluding hydrogens is 359 g/mol. The molecule has 6 nitrogen and oxygen atoms in total. The van der Waals surface area contributed by atoms with Crippen LogP contribution in [0.2, 0.25) is 0 Å². The van der Waals surface area contributed by atoms with Crippen LogP contribution in [-0.4, -0.2) is 27.3 Å². The lowest BCUT2D eigenvalue weighted by atomic mass is 10.0. The van der Waals surface area contributed by atoms with Gasteiger partial charge in [-0.05, 0) is 37.0 Å². The van der Waals surface area contributed by atoms with E-state index in [1.165, 1.54) is 12.1 Å². The maximum atomic E-state index is 12.7. The lowest BCUT2D eigenvalue weighted by Gasteiger charge is -2.19. The molecule has 0 saturated heterocycles. The van der Waals surface area contributed by atoms with Crippen LogP contribution in [0.3, 0.4) is 0 Å². The Labute approximate surface area is 154 Å². The van der Waals surface area contributed by atoms with E-state index in [0.717, 1.165) is 43.2 Å². The molecule has 2 aliphatic rings. The molecule has 1 saturated carbocycles. The summed E-state index contributed by atoms with van der Waals surface area (Å²) in [5, 5.41) is 14.0. The molecule has 1 aliphatic carbocycles. The summed E-state index contributed by atoms with van der Waals surface area (Å²) < 4.78 is 40.2. The molecular formula is C18H20F3N5O. The number of hydrogen-bond acceptors (Lipinski definition) is 3. The molecule has 0 unspecified atom stereocenters. The Kier molecular flexibility index (Phi) is 4.32. The maximum absolute atomic E-state index is 12.7. The van der Waals surface area contributed by atoms with E-state index in [2.05, 4.69) is 25.4 Å². The minimum Gasteiger partial charge on any atom is -0.338 e. The Morgan fingerprint density at radius 3 is 2.59 bits per heavy atom. The van der Waals surface area contributed by atoms with Crippen molar-refractivity contribution in [2.75, 3.05) is 6.54 Å². The average Bonchev–Trinajstić information content (AvgIpc) is 3.08.